The number of ether oxygens (including phenoxy) is 1. The second-order valence-electron chi connectivity index (χ2n) is 4.62. The molecule has 8 heteroatoms. The van der Waals surface area contributed by atoms with Gasteiger partial charge in [0, 0.05) is 13.3 Å². The summed E-state index contributed by atoms with van der Waals surface area (Å²) in [5.74, 6) is 0.444. The molecule has 0 unspecified atom stereocenters. The number of hydrogen-bond acceptors (Lipinski definition) is 5. The number of aromatic nitrogens is 3. The minimum absolute atomic E-state index is 0.284. The Morgan fingerprint density at radius 3 is 2.65 bits per heavy atom. The Morgan fingerprint density at radius 1 is 1.25 bits per heavy atom. The van der Waals surface area contributed by atoms with Gasteiger partial charge in [0.05, 0.1) is 18.5 Å². The normalized spacial score (nSPS) is 18.1. The van der Waals surface area contributed by atoms with Gasteiger partial charge >= 0.3 is 6.18 Å². The van der Waals surface area contributed by atoms with E-state index in [-0.39, 0.29) is 13.1 Å². The zero-order chi connectivity index (χ0) is 14.4. The Kier molecular flexibility index (Phi) is 2.79. The lowest BCUT2D eigenvalue weighted by Gasteiger charge is -2.50. The van der Waals surface area contributed by atoms with Crippen molar-refractivity contribution in [1.29, 1.82) is 0 Å². The van der Waals surface area contributed by atoms with Crippen molar-refractivity contribution >= 4 is 16.9 Å². The van der Waals surface area contributed by atoms with Gasteiger partial charge in [0.1, 0.15) is 12.1 Å². The van der Waals surface area contributed by atoms with Crippen LogP contribution in [0.2, 0.25) is 0 Å². The molecule has 0 aliphatic carbocycles. The number of halogens is 3. The molecule has 1 aliphatic rings. The van der Waals surface area contributed by atoms with Gasteiger partial charge in [-0.15, -0.1) is 0 Å². The smallest absolute Gasteiger partial charge is 0.365 e. The van der Waals surface area contributed by atoms with Crippen LogP contribution in [0.1, 0.15) is 0 Å². The van der Waals surface area contributed by atoms with Crippen LogP contribution < -0.4 is 4.90 Å². The molecule has 0 aromatic carbocycles. The first-order valence-electron chi connectivity index (χ1n) is 5.89. The summed E-state index contributed by atoms with van der Waals surface area (Å²) in [6.45, 7) is -0.567. The third kappa shape index (κ3) is 1.79. The van der Waals surface area contributed by atoms with Crippen LogP contribution in [-0.2, 0) is 4.74 Å². The van der Waals surface area contributed by atoms with Crippen molar-refractivity contribution in [3.05, 3.63) is 24.7 Å². The topological polar surface area (TPSA) is 51.1 Å². The quantitative estimate of drug-likeness (QED) is 0.841. The maximum atomic E-state index is 13.0. The molecule has 0 N–H and O–H groups in total. The molecule has 1 saturated heterocycles. The Hall–Kier alpha value is -1.96. The van der Waals surface area contributed by atoms with Gasteiger partial charge in [-0.05, 0) is 12.1 Å². The van der Waals surface area contributed by atoms with Crippen molar-refractivity contribution in [3.63, 3.8) is 0 Å². The molecule has 1 fully saturated rings. The lowest BCUT2D eigenvalue weighted by atomic mass is 9.92. The van der Waals surface area contributed by atoms with Gasteiger partial charge in [-0.3, -0.25) is 0 Å². The summed E-state index contributed by atoms with van der Waals surface area (Å²) in [5, 5.41) is 0.627. The highest BCUT2D eigenvalue weighted by molar-refractivity contribution is 5.87. The SMILES string of the molecule is COC1(C(F)(F)F)CN(c2ncnc3ncccc23)C1. The van der Waals surface area contributed by atoms with Crippen LogP contribution in [-0.4, -0.2) is 46.9 Å². The number of alkyl halides is 3. The van der Waals surface area contributed by atoms with Gasteiger partial charge in [0.25, 0.3) is 0 Å². The van der Waals surface area contributed by atoms with E-state index >= 15 is 0 Å². The summed E-state index contributed by atoms with van der Waals surface area (Å²) >= 11 is 0. The monoisotopic (exact) mass is 284 g/mol. The highest BCUT2D eigenvalue weighted by atomic mass is 19.4. The van der Waals surface area contributed by atoms with Gasteiger partial charge in [-0.2, -0.15) is 13.2 Å². The number of nitrogens with zero attached hydrogens (tertiary/aromatic N) is 4. The molecule has 3 rings (SSSR count). The van der Waals surface area contributed by atoms with Crippen molar-refractivity contribution in [2.45, 2.75) is 11.8 Å². The zero-order valence-electron chi connectivity index (χ0n) is 10.6. The van der Waals surface area contributed by atoms with E-state index in [4.69, 9.17) is 0 Å². The van der Waals surface area contributed by atoms with E-state index in [2.05, 4.69) is 19.7 Å². The molecule has 20 heavy (non-hydrogen) atoms. The first-order chi connectivity index (χ1) is 9.47. The molecular weight excluding hydrogens is 273 g/mol. The van der Waals surface area contributed by atoms with Gasteiger partial charge in [0.2, 0.25) is 0 Å². The van der Waals surface area contributed by atoms with E-state index in [0.29, 0.717) is 16.9 Å². The van der Waals surface area contributed by atoms with E-state index in [1.807, 2.05) is 0 Å². The molecule has 0 atom stereocenters. The largest absolute Gasteiger partial charge is 0.420 e. The van der Waals surface area contributed by atoms with Crippen LogP contribution in [0, 0.1) is 0 Å². The maximum Gasteiger partial charge on any atom is 0.420 e. The Morgan fingerprint density at radius 2 is 2.00 bits per heavy atom. The lowest BCUT2D eigenvalue weighted by Crippen LogP contribution is -2.70. The second-order valence-corrected chi connectivity index (χ2v) is 4.62. The fourth-order valence-electron chi connectivity index (χ4n) is 2.28. The summed E-state index contributed by atoms with van der Waals surface area (Å²) in [7, 11) is 1.07. The zero-order valence-corrected chi connectivity index (χ0v) is 10.6. The summed E-state index contributed by atoms with van der Waals surface area (Å²) in [4.78, 5) is 13.6. The molecule has 1 aliphatic heterocycles. The second kappa shape index (κ2) is 4.27. The molecule has 2 aromatic heterocycles. The number of fused-ring (bicyclic) bond motifs is 1. The standard InChI is InChI=1S/C12H11F3N4O/c1-20-11(12(13,14)15)5-19(6-11)10-8-3-2-4-16-9(8)17-7-18-10/h2-4,7H,5-6H2,1H3. The predicted molar refractivity (Wildman–Crippen MR) is 65.3 cm³/mol. The molecular formula is C12H11F3N4O. The van der Waals surface area contributed by atoms with Crippen molar-refractivity contribution in [2.24, 2.45) is 0 Å². The van der Waals surface area contributed by atoms with Crippen molar-refractivity contribution in [1.82, 2.24) is 15.0 Å². The first-order valence-corrected chi connectivity index (χ1v) is 5.89. The van der Waals surface area contributed by atoms with E-state index < -0.39 is 11.8 Å². The Balaban J connectivity index is 1.93. The number of anilines is 1. The number of methoxy groups -OCH3 is 1. The van der Waals surface area contributed by atoms with Gasteiger partial charge in [-0.1, -0.05) is 0 Å². The fraction of sp³-hybridized carbons (Fsp3) is 0.417. The summed E-state index contributed by atoms with van der Waals surface area (Å²) < 4.78 is 43.6. The number of hydrogen-bond donors (Lipinski definition) is 0. The number of pyridine rings is 1. The van der Waals surface area contributed by atoms with Crippen LogP contribution in [0.25, 0.3) is 11.0 Å². The predicted octanol–water partition coefficient (Wildman–Crippen LogP) is 1.79. The van der Waals surface area contributed by atoms with Gasteiger partial charge in [-0.25, -0.2) is 15.0 Å². The molecule has 0 amide bonds. The summed E-state index contributed by atoms with van der Waals surface area (Å²) in [5.41, 5.74) is -1.66. The summed E-state index contributed by atoms with van der Waals surface area (Å²) in [6.07, 6.45) is -1.53. The molecule has 2 aromatic rings. The lowest BCUT2D eigenvalue weighted by molar-refractivity contribution is -0.277. The van der Waals surface area contributed by atoms with Crippen LogP contribution >= 0.6 is 0 Å². The Bertz CT molecular complexity index is 635. The average Bonchev–Trinajstić information content (AvgIpc) is 2.36. The van der Waals surface area contributed by atoms with Crippen LogP contribution in [0.15, 0.2) is 24.7 Å². The molecule has 0 radical (unpaired) electrons. The minimum atomic E-state index is -4.40. The van der Waals surface area contributed by atoms with Crippen molar-refractivity contribution in [2.75, 3.05) is 25.1 Å². The molecule has 106 valence electrons. The van der Waals surface area contributed by atoms with E-state index in [9.17, 15) is 13.2 Å². The number of rotatable bonds is 2. The van der Waals surface area contributed by atoms with E-state index in [1.165, 1.54) is 11.2 Å². The van der Waals surface area contributed by atoms with Crippen molar-refractivity contribution < 1.29 is 17.9 Å². The average molecular weight is 284 g/mol. The molecule has 0 spiro atoms. The van der Waals surface area contributed by atoms with E-state index in [0.717, 1.165) is 7.11 Å². The minimum Gasteiger partial charge on any atom is -0.365 e. The van der Waals surface area contributed by atoms with Crippen LogP contribution in [0.3, 0.4) is 0 Å². The highest BCUT2D eigenvalue weighted by Gasteiger charge is 2.63. The molecule has 0 saturated carbocycles. The highest BCUT2D eigenvalue weighted by Crippen LogP contribution is 2.42. The fourth-order valence-corrected chi connectivity index (χ4v) is 2.28. The third-order valence-electron chi connectivity index (χ3n) is 3.49. The van der Waals surface area contributed by atoms with Gasteiger partial charge in [0.15, 0.2) is 11.2 Å². The Labute approximate surface area is 112 Å². The molecule has 0 bridgehead atoms. The molecule has 3 heterocycles. The maximum absolute atomic E-state index is 13.0. The van der Waals surface area contributed by atoms with Gasteiger partial charge < -0.3 is 9.64 Å². The van der Waals surface area contributed by atoms with Crippen molar-refractivity contribution in [3.8, 4) is 0 Å². The molecule has 5 nitrogen and oxygen atoms in total. The van der Waals surface area contributed by atoms with E-state index in [1.54, 1.807) is 18.3 Å². The third-order valence-corrected chi connectivity index (χ3v) is 3.49. The summed E-state index contributed by atoms with van der Waals surface area (Å²) in [6, 6.07) is 3.43. The van der Waals surface area contributed by atoms with Crippen LogP contribution in [0.5, 0.6) is 0 Å². The van der Waals surface area contributed by atoms with Crippen LogP contribution in [0.4, 0.5) is 19.0 Å². The first kappa shape index (κ1) is 13.0.